The van der Waals surface area contributed by atoms with Crippen molar-refractivity contribution >= 4 is 5.97 Å². The smallest absolute Gasteiger partial charge is 0.330 e. The molecule has 0 heterocycles. The first kappa shape index (κ1) is 11.3. The minimum Gasteiger partial charge on any atom is -0.458 e. The molecule has 0 unspecified atom stereocenters. The van der Waals surface area contributed by atoms with Crippen LogP contribution in [-0.2, 0) is 16.1 Å². The third-order valence-corrected chi connectivity index (χ3v) is 1.60. The number of halogens is 3. The lowest BCUT2D eigenvalue weighted by molar-refractivity contribution is -0.139. The molecule has 0 amide bonds. The standard InChI is InChI=1S/C10H7F3O2/c1-2-9(14)15-5-6-3-7(11)4-8(12)10(6)13/h2-4H,1,5H2. The molecule has 80 valence electrons. The molecule has 0 N–H and O–H groups in total. The fraction of sp³-hybridized carbons (Fsp3) is 0.100. The summed E-state index contributed by atoms with van der Waals surface area (Å²) in [5, 5.41) is 0. The summed E-state index contributed by atoms with van der Waals surface area (Å²) in [7, 11) is 0. The third-order valence-electron chi connectivity index (χ3n) is 1.60. The number of benzene rings is 1. The van der Waals surface area contributed by atoms with Crippen molar-refractivity contribution in [3.63, 3.8) is 0 Å². The summed E-state index contributed by atoms with van der Waals surface area (Å²) in [4.78, 5) is 10.6. The van der Waals surface area contributed by atoms with E-state index in [1.807, 2.05) is 0 Å². The molecule has 0 aliphatic rings. The zero-order chi connectivity index (χ0) is 11.4. The van der Waals surface area contributed by atoms with Gasteiger partial charge in [-0.1, -0.05) is 6.58 Å². The largest absolute Gasteiger partial charge is 0.458 e. The Labute approximate surface area is 84.0 Å². The second-order valence-corrected chi connectivity index (χ2v) is 2.67. The first-order valence-electron chi connectivity index (χ1n) is 3.97. The summed E-state index contributed by atoms with van der Waals surface area (Å²) in [6, 6.07) is 1.17. The van der Waals surface area contributed by atoms with Gasteiger partial charge in [0.1, 0.15) is 12.4 Å². The lowest BCUT2D eigenvalue weighted by Crippen LogP contribution is -2.04. The normalized spacial score (nSPS) is 9.80. The van der Waals surface area contributed by atoms with Gasteiger partial charge in [0.25, 0.3) is 0 Å². The van der Waals surface area contributed by atoms with Crippen LogP contribution in [0.2, 0.25) is 0 Å². The molecule has 0 saturated carbocycles. The van der Waals surface area contributed by atoms with Crippen LogP contribution >= 0.6 is 0 Å². The van der Waals surface area contributed by atoms with Crippen molar-refractivity contribution in [2.75, 3.05) is 0 Å². The third kappa shape index (κ3) is 2.83. The minimum absolute atomic E-state index is 0.359. The van der Waals surface area contributed by atoms with Gasteiger partial charge in [-0.05, 0) is 6.07 Å². The summed E-state index contributed by atoms with van der Waals surface area (Å²) < 4.78 is 42.7. The summed E-state index contributed by atoms with van der Waals surface area (Å²) in [6.07, 6.45) is 0.869. The van der Waals surface area contributed by atoms with Crippen LogP contribution in [0.5, 0.6) is 0 Å². The highest BCUT2D eigenvalue weighted by Gasteiger charge is 2.11. The lowest BCUT2D eigenvalue weighted by Gasteiger charge is -2.04. The Bertz CT molecular complexity index is 402. The summed E-state index contributed by atoms with van der Waals surface area (Å²) >= 11 is 0. The van der Waals surface area contributed by atoms with E-state index in [2.05, 4.69) is 11.3 Å². The molecular formula is C10H7F3O2. The number of carbonyl (C=O) groups is 1. The van der Waals surface area contributed by atoms with Crippen LogP contribution in [0.25, 0.3) is 0 Å². The average molecular weight is 216 g/mol. The Kier molecular flexibility index (Phi) is 3.49. The van der Waals surface area contributed by atoms with Gasteiger partial charge in [-0.2, -0.15) is 0 Å². The van der Waals surface area contributed by atoms with E-state index in [4.69, 9.17) is 0 Å². The van der Waals surface area contributed by atoms with Crippen LogP contribution in [0.4, 0.5) is 13.2 Å². The quantitative estimate of drug-likeness (QED) is 0.440. The molecule has 0 aliphatic carbocycles. The van der Waals surface area contributed by atoms with Gasteiger partial charge in [0.2, 0.25) is 0 Å². The summed E-state index contributed by atoms with van der Waals surface area (Å²) in [6.45, 7) is 2.58. The van der Waals surface area contributed by atoms with Crippen molar-refractivity contribution in [1.29, 1.82) is 0 Å². The Morgan fingerprint density at radius 3 is 2.67 bits per heavy atom. The van der Waals surface area contributed by atoms with Gasteiger partial charge in [-0.3, -0.25) is 0 Å². The van der Waals surface area contributed by atoms with Crippen LogP contribution in [0, 0.1) is 17.5 Å². The van der Waals surface area contributed by atoms with Gasteiger partial charge in [-0.15, -0.1) is 0 Å². The molecule has 0 spiro atoms. The van der Waals surface area contributed by atoms with Gasteiger partial charge in [0, 0.05) is 17.7 Å². The number of hydrogen-bond donors (Lipinski definition) is 0. The van der Waals surface area contributed by atoms with Crippen molar-refractivity contribution in [2.24, 2.45) is 0 Å². The zero-order valence-corrected chi connectivity index (χ0v) is 7.60. The second kappa shape index (κ2) is 4.63. The molecule has 1 aromatic carbocycles. The topological polar surface area (TPSA) is 26.3 Å². The molecular weight excluding hydrogens is 209 g/mol. The molecule has 2 nitrogen and oxygen atoms in total. The molecule has 15 heavy (non-hydrogen) atoms. The average Bonchev–Trinajstić information content (AvgIpc) is 2.20. The molecule has 0 radical (unpaired) electrons. The van der Waals surface area contributed by atoms with E-state index in [1.54, 1.807) is 0 Å². The van der Waals surface area contributed by atoms with Gasteiger partial charge >= 0.3 is 5.97 Å². The van der Waals surface area contributed by atoms with E-state index in [0.29, 0.717) is 6.07 Å². The molecule has 0 bridgehead atoms. The maximum absolute atomic E-state index is 13.0. The van der Waals surface area contributed by atoms with Crippen LogP contribution in [0.3, 0.4) is 0 Å². The molecule has 5 heteroatoms. The first-order chi connectivity index (χ1) is 7.04. The molecule has 1 rings (SSSR count). The highest BCUT2D eigenvalue weighted by atomic mass is 19.2. The number of ether oxygens (including phenoxy) is 1. The molecule has 0 aromatic heterocycles. The Morgan fingerprint density at radius 2 is 2.07 bits per heavy atom. The number of carbonyl (C=O) groups excluding carboxylic acids is 1. The first-order valence-corrected chi connectivity index (χ1v) is 3.97. The number of hydrogen-bond acceptors (Lipinski definition) is 2. The fourth-order valence-corrected chi connectivity index (χ4v) is 0.922. The van der Waals surface area contributed by atoms with E-state index < -0.39 is 30.0 Å². The molecule has 0 aliphatic heterocycles. The van der Waals surface area contributed by atoms with E-state index in [-0.39, 0.29) is 5.56 Å². The predicted octanol–water partition coefficient (Wildman–Crippen LogP) is 2.33. The highest BCUT2D eigenvalue weighted by Crippen LogP contribution is 2.15. The van der Waals surface area contributed by atoms with Crippen molar-refractivity contribution in [3.05, 3.63) is 47.8 Å². The summed E-state index contributed by atoms with van der Waals surface area (Å²) in [5.74, 6) is -4.27. The van der Waals surface area contributed by atoms with Crippen LogP contribution in [-0.4, -0.2) is 5.97 Å². The predicted molar refractivity (Wildman–Crippen MR) is 46.3 cm³/mol. The fourth-order valence-electron chi connectivity index (χ4n) is 0.922. The number of rotatable bonds is 3. The molecule has 0 saturated heterocycles. The lowest BCUT2D eigenvalue weighted by atomic mass is 10.2. The highest BCUT2D eigenvalue weighted by molar-refractivity contribution is 5.81. The SMILES string of the molecule is C=CC(=O)OCc1cc(F)cc(F)c1F. The van der Waals surface area contributed by atoms with Crippen LogP contribution in [0.1, 0.15) is 5.56 Å². The van der Waals surface area contributed by atoms with Crippen molar-refractivity contribution in [2.45, 2.75) is 6.61 Å². The molecule has 0 atom stereocenters. The van der Waals surface area contributed by atoms with Gasteiger partial charge in [0.15, 0.2) is 11.6 Å². The second-order valence-electron chi connectivity index (χ2n) is 2.67. The van der Waals surface area contributed by atoms with Crippen molar-refractivity contribution in [1.82, 2.24) is 0 Å². The number of esters is 1. The Hall–Kier alpha value is -1.78. The molecule has 0 fully saturated rings. The maximum atomic E-state index is 13.0. The van der Waals surface area contributed by atoms with Crippen molar-refractivity contribution in [3.8, 4) is 0 Å². The van der Waals surface area contributed by atoms with E-state index in [1.165, 1.54) is 0 Å². The van der Waals surface area contributed by atoms with E-state index in [0.717, 1.165) is 12.1 Å². The summed E-state index contributed by atoms with van der Waals surface area (Å²) in [5.41, 5.74) is -0.359. The van der Waals surface area contributed by atoms with E-state index in [9.17, 15) is 18.0 Å². The molecule has 1 aromatic rings. The van der Waals surface area contributed by atoms with Gasteiger partial charge in [0.05, 0.1) is 0 Å². The van der Waals surface area contributed by atoms with Gasteiger partial charge < -0.3 is 4.74 Å². The maximum Gasteiger partial charge on any atom is 0.330 e. The van der Waals surface area contributed by atoms with Gasteiger partial charge in [-0.25, -0.2) is 18.0 Å². The van der Waals surface area contributed by atoms with Crippen LogP contribution < -0.4 is 0 Å². The Balaban J connectivity index is 2.85. The van der Waals surface area contributed by atoms with Crippen LogP contribution in [0.15, 0.2) is 24.8 Å². The van der Waals surface area contributed by atoms with Crippen molar-refractivity contribution < 1.29 is 22.7 Å². The Morgan fingerprint density at radius 1 is 1.40 bits per heavy atom. The zero-order valence-electron chi connectivity index (χ0n) is 7.60. The van der Waals surface area contributed by atoms with E-state index >= 15 is 0 Å². The monoisotopic (exact) mass is 216 g/mol. The minimum atomic E-state index is -1.32.